The summed E-state index contributed by atoms with van der Waals surface area (Å²) in [5, 5.41) is 12.4. The van der Waals surface area contributed by atoms with Gasteiger partial charge in [0.25, 0.3) is 5.91 Å². The molecule has 10 heteroatoms. The largest absolute Gasteiger partial charge is 0.456 e. The van der Waals surface area contributed by atoms with Gasteiger partial charge in [-0.15, -0.1) is 0 Å². The molecule has 0 aromatic heterocycles. The lowest BCUT2D eigenvalue weighted by atomic mass is 9.97. The van der Waals surface area contributed by atoms with Crippen LogP contribution in [0.1, 0.15) is 42.3 Å². The van der Waals surface area contributed by atoms with Gasteiger partial charge < -0.3 is 29.4 Å². The topological polar surface area (TPSA) is 137 Å². The minimum absolute atomic E-state index is 0.342. The molecule has 1 fully saturated rings. The third kappa shape index (κ3) is 6.50. The first-order valence-electron chi connectivity index (χ1n) is 9.69. The van der Waals surface area contributed by atoms with E-state index in [4.69, 9.17) is 18.9 Å². The van der Waals surface area contributed by atoms with Crippen LogP contribution in [0.2, 0.25) is 0 Å². The molecule has 1 aromatic rings. The van der Waals surface area contributed by atoms with Crippen LogP contribution in [-0.2, 0) is 33.3 Å². The number of nitrogens with one attached hydrogen (secondary N) is 1. The third-order valence-electron chi connectivity index (χ3n) is 4.48. The van der Waals surface area contributed by atoms with Gasteiger partial charge in [0.15, 0.2) is 24.5 Å². The van der Waals surface area contributed by atoms with Crippen molar-refractivity contribution in [2.45, 2.75) is 65.3 Å². The molecule has 0 aliphatic carbocycles. The number of aliphatic hydroxyl groups is 1. The number of benzene rings is 1. The van der Waals surface area contributed by atoms with Crippen molar-refractivity contribution in [3.8, 4) is 0 Å². The Morgan fingerprint density at radius 2 is 1.35 bits per heavy atom. The SMILES string of the molecule is CC(=O)O[C@@H]1[C@@H](OC(C)=O)[C@H](NC(=O)c2cc(C)cc(C)c2)O[C@H](CO)[C@H]1OC(C)=O. The van der Waals surface area contributed by atoms with Crippen LogP contribution in [0.5, 0.6) is 0 Å². The van der Waals surface area contributed by atoms with Gasteiger partial charge in [0.1, 0.15) is 6.10 Å². The Kier molecular flexibility index (Phi) is 8.12. The molecule has 0 saturated carbocycles. The van der Waals surface area contributed by atoms with Gasteiger partial charge in [-0.1, -0.05) is 17.2 Å². The smallest absolute Gasteiger partial charge is 0.303 e. The molecule has 5 atom stereocenters. The van der Waals surface area contributed by atoms with Gasteiger partial charge in [0.05, 0.1) is 6.61 Å². The van der Waals surface area contributed by atoms with Crippen molar-refractivity contribution >= 4 is 23.8 Å². The fourth-order valence-corrected chi connectivity index (χ4v) is 3.48. The monoisotopic (exact) mass is 437 g/mol. The summed E-state index contributed by atoms with van der Waals surface area (Å²) in [5.74, 6) is -2.72. The van der Waals surface area contributed by atoms with Crippen LogP contribution in [0.15, 0.2) is 18.2 Å². The summed E-state index contributed by atoms with van der Waals surface area (Å²) in [6.45, 7) is 6.46. The lowest BCUT2D eigenvalue weighted by molar-refractivity contribution is -0.254. The van der Waals surface area contributed by atoms with Crippen LogP contribution in [-0.4, -0.2) is 66.2 Å². The van der Waals surface area contributed by atoms with E-state index in [0.717, 1.165) is 31.9 Å². The Morgan fingerprint density at radius 3 is 1.84 bits per heavy atom. The summed E-state index contributed by atoms with van der Waals surface area (Å²) in [5.41, 5.74) is 2.08. The van der Waals surface area contributed by atoms with Crippen molar-refractivity contribution in [1.29, 1.82) is 0 Å². The number of carbonyl (C=O) groups is 4. The lowest BCUT2D eigenvalue weighted by Gasteiger charge is -2.44. The summed E-state index contributed by atoms with van der Waals surface area (Å²) in [7, 11) is 0. The van der Waals surface area contributed by atoms with Crippen LogP contribution >= 0.6 is 0 Å². The maximum absolute atomic E-state index is 12.8. The predicted molar refractivity (Wildman–Crippen MR) is 106 cm³/mol. The van der Waals surface area contributed by atoms with Crippen LogP contribution < -0.4 is 5.32 Å². The molecule has 10 nitrogen and oxygen atoms in total. The first kappa shape index (κ1) is 24.3. The van der Waals surface area contributed by atoms with Gasteiger partial charge in [-0.2, -0.15) is 0 Å². The molecule has 170 valence electrons. The van der Waals surface area contributed by atoms with E-state index in [-0.39, 0.29) is 0 Å². The van der Waals surface area contributed by atoms with Crippen LogP contribution in [0.4, 0.5) is 0 Å². The second kappa shape index (κ2) is 10.4. The summed E-state index contributed by atoms with van der Waals surface area (Å²) < 4.78 is 21.4. The van der Waals surface area contributed by atoms with Crippen molar-refractivity contribution in [2.75, 3.05) is 6.61 Å². The fourth-order valence-electron chi connectivity index (χ4n) is 3.48. The highest BCUT2D eigenvalue weighted by atomic mass is 16.7. The van der Waals surface area contributed by atoms with Crippen molar-refractivity contribution in [3.05, 3.63) is 34.9 Å². The second-order valence-electron chi connectivity index (χ2n) is 7.35. The number of hydrogen-bond donors (Lipinski definition) is 2. The lowest BCUT2D eigenvalue weighted by Crippen LogP contribution is -2.66. The number of carbonyl (C=O) groups excluding carboxylic acids is 4. The Bertz CT molecular complexity index is 833. The molecule has 2 N–H and O–H groups in total. The average molecular weight is 437 g/mol. The van der Waals surface area contributed by atoms with E-state index < -0.39 is 61.1 Å². The van der Waals surface area contributed by atoms with E-state index in [1.54, 1.807) is 12.1 Å². The van der Waals surface area contributed by atoms with Crippen molar-refractivity contribution in [3.63, 3.8) is 0 Å². The Labute approximate surface area is 179 Å². The molecular weight excluding hydrogens is 410 g/mol. The van der Waals surface area contributed by atoms with Crippen molar-refractivity contribution in [1.82, 2.24) is 5.32 Å². The molecule has 1 aliphatic rings. The van der Waals surface area contributed by atoms with E-state index in [1.165, 1.54) is 0 Å². The molecule has 31 heavy (non-hydrogen) atoms. The number of ether oxygens (including phenoxy) is 4. The van der Waals surface area contributed by atoms with E-state index in [2.05, 4.69) is 5.32 Å². The zero-order valence-electron chi connectivity index (χ0n) is 18.0. The second-order valence-corrected chi connectivity index (χ2v) is 7.35. The maximum atomic E-state index is 12.8. The molecule has 1 amide bonds. The number of hydrogen-bond acceptors (Lipinski definition) is 9. The number of rotatable bonds is 6. The molecule has 1 heterocycles. The minimum Gasteiger partial charge on any atom is -0.456 e. The van der Waals surface area contributed by atoms with Crippen molar-refractivity contribution < 1.29 is 43.2 Å². The number of amides is 1. The number of esters is 3. The average Bonchev–Trinajstić information content (AvgIpc) is 2.64. The van der Waals surface area contributed by atoms with Gasteiger partial charge in [-0.05, 0) is 26.0 Å². The quantitative estimate of drug-likeness (QED) is 0.482. The normalized spacial score (nSPS) is 25.3. The van der Waals surface area contributed by atoms with Crippen molar-refractivity contribution in [2.24, 2.45) is 0 Å². The Balaban J connectivity index is 2.40. The molecular formula is C21H27NO9. The highest BCUT2D eigenvalue weighted by molar-refractivity contribution is 5.94. The predicted octanol–water partition coefficient (Wildman–Crippen LogP) is 0.546. The van der Waals surface area contributed by atoms with Crippen LogP contribution in [0.3, 0.4) is 0 Å². The Hall–Kier alpha value is -2.98. The van der Waals surface area contributed by atoms with Gasteiger partial charge in [0, 0.05) is 26.3 Å². The molecule has 0 radical (unpaired) electrons. The molecule has 1 aromatic carbocycles. The zero-order chi connectivity index (χ0) is 23.3. The molecule has 2 rings (SSSR count). The van der Waals surface area contributed by atoms with Crippen LogP contribution in [0, 0.1) is 13.8 Å². The van der Waals surface area contributed by atoms with Gasteiger partial charge >= 0.3 is 17.9 Å². The number of aliphatic hydroxyl groups excluding tert-OH is 1. The highest BCUT2D eigenvalue weighted by Gasteiger charge is 2.52. The maximum Gasteiger partial charge on any atom is 0.303 e. The molecule has 0 unspecified atom stereocenters. The highest BCUT2D eigenvalue weighted by Crippen LogP contribution is 2.28. The molecule has 0 spiro atoms. The number of aryl methyl sites for hydroxylation is 2. The summed E-state index contributed by atoms with van der Waals surface area (Å²) in [6.07, 6.45) is -6.34. The third-order valence-corrected chi connectivity index (χ3v) is 4.48. The standard InChI is InChI=1S/C21H27NO9/c1-10-6-11(2)8-15(7-10)20(27)22-21-19(30-14(5)26)18(29-13(4)25)17(28-12(3)24)16(9-23)31-21/h6-8,16-19,21,23H,9H2,1-5H3,(H,22,27)/t16-,17-,18+,19-,21-/m1/s1. The summed E-state index contributed by atoms with van der Waals surface area (Å²) in [6, 6.07) is 5.24. The zero-order valence-corrected chi connectivity index (χ0v) is 18.0. The minimum atomic E-state index is -1.33. The summed E-state index contributed by atoms with van der Waals surface area (Å²) in [4.78, 5) is 47.8. The van der Waals surface area contributed by atoms with E-state index in [0.29, 0.717) is 5.56 Å². The fraction of sp³-hybridized carbons (Fsp3) is 0.524. The first-order valence-corrected chi connectivity index (χ1v) is 9.69. The first-order chi connectivity index (χ1) is 14.5. The molecule has 0 bridgehead atoms. The summed E-state index contributed by atoms with van der Waals surface area (Å²) >= 11 is 0. The van der Waals surface area contributed by atoms with Gasteiger partial charge in [-0.25, -0.2) is 0 Å². The van der Waals surface area contributed by atoms with Crippen LogP contribution in [0.25, 0.3) is 0 Å². The molecule has 1 saturated heterocycles. The van der Waals surface area contributed by atoms with E-state index in [1.807, 2.05) is 19.9 Å². The van der Waals surface area contributed by atoms with Gasteiger partial charge in [-0.3, -0.25) is 19.2 Å². The van der Waals surface area contributed by atoms with E-state index >= 15 is 0 Å². The van der Waals surface area contributed by atoms with E-state index in [9.17, 15) is 24.3 Å². The molecule has 1 aliphatic heterocycles. The Morgan fingerprint density at radius 1 is 0.871 bits per heavy atom. The van der Waals surface area contributed by atoms with Gasteiger partial charge in [0.2, 0.25) is 0 Å².